The zero-order valence-corrected chi connectivity index (χ0v) is 10.6. The highest BCUT2D eigenvalue weighted by atomic mass is 16.2. The molecule has 3 N–H and O–H groups in total. The zero-order chi connectivity index (χ0) is 13.7. The van der Waals surface area contributed by atoms with Gasteiger partial charge in [-0.15, -0.1) is 0 Å². The molecule has 4 heteroatoms. The van der Waals surface area contributed by atoms with Crippen molar-refractivity contribution in [2.75, 3.05) is 5.73 Å². The van der Waals surface area contributed by atoms with Gasteiger partial charge in [-0.05, 0) is 36.8 Å². The highest BCUT2D eigenvalue weighted by molar-refractivity contribution is 6.01. The van der Waals surface area contributed by atoms with E-state index in [1.165, 1.54) is 0 Å². The molecule has 0 spiro atoms. The number of anilines is 1. The summed E-state index contributed by atoms with van der Waals surface area (Å²) in [5, 5.41) is 4.07. The lowest BCUT2D eigenvalue weighted by Crippen LogP contribution is -2.19. The van der Waals surface area contributed by atoms with Crippen molar-refractivity contribution < 1.29 is 4.79 Å². The Labute approximate surface area is 112 Å². The van der Waals surface area contributed by atoms with Gasteiger partial charge in [-0.3, -0.25) is 4.79 Å². The van der Waals surface area contributed by atoms with E-state index in [9.17, 15) is 4.79 Å². The maximum atomic E-state index is 11.8. The number of nitrogens with zero attached hydrogens (tertiary/aromatic N) is 1. The van der Waals surface area contributed by atoms with Crippen LogP contribution in [0.5, 0.6) is 0 Å². The Hall–Kier alpha value is -2.62. The van der Waals surface area contributed by atoms with E-state index in [1.807, 2.05) is 43.3 Å². The van der Waals surface area contributed by atoms with Crippen LogP contribution in [0.2, 0.25) is 0 Å². The number of carbonyl (C=O) groups is 1. The SMILES string of the molecule is C/C(=N\NC(=O)c1ccccc1)c1cccc(N)c1. The van der Waals surface area contributed by atoms with E-state index in [1.54, 1.807) is 18.2 Å². The Bertz CT molecular complexity index is 606. The number of hydrogen-bond acceptors (Lipinski definition) is 3. The summed E-state index contributed by atoms with van der Waals surface area (Å²) in [5.41, 5.74) is 11.1. The number of benzene rings is 2. The number of hydrazone groups is 1. The van der Waals surface area contributed by atoms with Crippen molar-refractivity contribution in [2.24, 2.45) is 5.10 Å². The van der Waals surface area contributed by atoms with Crippen molar-refractivity contribution in [2.45, 2.75) is 6.92 Å². The Balaban J connectivity index is 2.09. The summed E-state index contributed by atoms with van der Waals surface area (Å²) >= 11 is 0. The molecule has 0 fully saturated rings. The van der Waals surface area contributed by atoms with Gasteiger partial charge < -0.3 is 5.73 Å². The number of hydrogen-bond donors (Lipinski definition) is 2. The first-order valence-electron chi connectivity index (χ1n) is 5.92. The molecule has 2 aromatic rings. The maximum absolute atomic E-state index is 11.8. The van der Waals surface area contributed by atoms with E-state index in [4.69, 9.17) is 5.73 Å². The Morgan fingerprint density at radius 2 is 1.74 bits per heavy atom. The van der Waals surface area contributed by atoms with Crippen molar-refractivity contribution in [1.82, 2.24) is 5.43 Å². The maximum Gasteiger partial charge on any atom is 0.271 e. The van der Waals surface area contributed by atoms with Crippen LogP contribution in [0.15, 0.2) is 59.7 Å². The van der Waals surface area contributed by atoms with Crippen LogP contribution in [0.1, 0.15) is 22.8 Å². The number of nitrogen functional groups attached to an aromatic ring is 1. The molecule has 0 atom stereocenters. The van der Waals surface area contributed by atoms with Gasteiger partial charge in [0.25, 0.3) is 5.91 Å². The summed E-state index contributed by atoms with van der Waals surface area (Å²) in [5.74, 6) is -0.233. The van der Waals surface area contributed by atoms with E-state index in [2.05, 4.69) is 10.5 Å². The molecular formula is C15H15N3O. The van der Waals surface area contributed by atoms with Gasteiger partial charge in [0.15, 0.2) is 0 Å². The predicted molar refractivity (Wildman–Crippen MR) is 77.0 cm³/mol. The Kier molecular flexibility index (Phi) is 3.93. The molecule has 0 heterocycles. The second-order valence-electron chi connectivity index (χ2n) is 4.13. The van der Waals surface area contributed by atoms with Crippen molar-refractivity contribution in [3.8, 4) is 0 Å². The van der Waals surface area contributed by atoms with E-state index < -0.39 is 0 Å². The summed E-state index contributed by atoms with van der Waals surface area (Å²) in [6.07, 6.45) is 0. The van der Waals surface area contributed by atoms with Gasteiger partial charge in [-0.1, -0.05) is 30.3 Å². The highest BCUT2D eigenvalue weighted by Gasteiger charge is 2.03. The molecule has 0 bridgehead atoms. The lowest BCUT2D eigenvalue weighted by Gasteiger charge is -2.03. The first-order chi connectivity index (χ1) is 9.16. The van der Waals surface area contributed by atoms with E-state index in [-0.39, 0.29) is 5.91 Å². The lowest BCUT2D eigenvalue weighted by molar-refractivity contribution is 0.0955. The molecule has 0 saturated carbocycles. The van der Waals surface area contributed by atoms with E-state index in [0.29, 0.717) is 17.0 Å². The molecule has 4 nitrogen and oxygen atoms in total. The molecule has 1 amide bonds. The monoisotopic (exact) mass is 253 g/mol. The molecule has 0 aliphatic heterocycles. The van der Waals surface area contributed by atoms with Crippen LogP contribution < -0.4 is 11.2 Å². The van der Waals surface area contributed by atoms with Crippen LogP contribution in [0, 0.1) is 0 Å². The fourth-order valence-electron chi connectivity index (χ4n) is 1.62. The number of nitrogens with two attached hydrogens (primary N) is 1. The molecular weight excluding hydrogens is 238 g/mol. The van der Waals surface area contributed by atoms with E-state index >= 15 is 0 Å². The molecule has 0 aliphatic carbocycles. The zero-order valence-electron chi connectivity index (χ0n) is 10.6. The van der Waals surface area contributed by atoms with Crippen LogP contribution in [-0.4, -0.2) is 11.6 Å². The molecule has 0 unspecified atom stereocenters. The fraction of sp³-hybridized carbons (Fsp3) is 0.0667. The highest BCUT2D eigenvalue weighted by Crippen LogP contribution is 2.07. The molecule has 0 radical (unpaired) electrons. The molecule has 2 aromatic carbocycles. The Morgan fingerprint density at radius 1 is 1.05 bits per heavy atom. The molecule has 2 rings (SSSR count). The van der Waals surface area contributed by atoms with Crippen LogP contribution in [0.4, 0.5) is 5.69 Å². The summed E-state index contributed by atoms with van der Waals surface area (Å²) in [6, 6.07) is 16.3. The standard InChI is InChI=1S/C15H15N3O/c1-11(13-8-5-9-14(16)10-13)17-18-15(19)12-6-3-2-4-7-12/h2-10H,16H2,1H3,(H,18,19)/b17-11+. The number of nitrogens with one attached hydrogen (secondary N) is 1. The molecule has 0 aliphatic rings. The van der Waals surface area contributed by atoms with E-state index in [0.717, 1.165) is 5.56 Å². The second-order valence-corrected chi connectivity index (χ2v) is 4.13. The smallest absolute Gasteiger partial charge is 0.271 e. The molecule has 0 aromatic heterocycles. The van der Waals surface area contributed by atoms with Crippen molar-refractivity contribution >= 4 is 17.3 Å². The van der Waals surface area contributed by atoms with Gasteiger partial charge in [0, 0.05) is 11.3 Å². The molecule has 19 heavy (non-hydrogen) atoms. The normalized spacial score (nSPS) is 11.1. The summed E-state index contributed by atoms with van der Waals surface area (Å²) in [7, 11) is 0. The van der Waals surface area contributed by atoms with Crippen molar-refractivity contribution in [3.63, 3.8) is 0 Å². The number of rotatable bonds is 3. The number of carbonyl (C=O) groups excluding carboxylic acids is 1. The second kappa shape index (κ2) is 5.82. The first-order valence-corrected chi connectivity index (χ1v) is 5.92. The first kappa shape index (κ1) is 12.8. The van der Waals surface area contributed by atoms with Crippen LogP contribution >= 0.6 is 0 Å². The minimum atomic E-state index is -0.233. The van der Waals surface area contributed by atoms with Crippen molar-refractivity contribution in [3.05, 3.63) is 65.7 Å². The predicted octanol–water partition coefficient (Wildman–Crippen LogP) is 2.42. The lowest BCUT2D eigenvalue weighted by atomic mass is 10.1. The summed E-state index contributed by atoms with van der Waals surface area (Å²) in [6.45, 7) is 1.82. The summed E-state index contributed by atoms with van der Waals surface area (Å²) in [4.78, 5) is 11.8. The Morgan fingerprint density at radius 3 is 2.42 bits per heavy atom. The third-order valence-corrected chi connectivity index (χ3v) is 2.67. The van der Waals surface area contributed by atoms with Gasteiger partial charge in [0.2, 0.25) is 0 Å². The minimum Gasteiger partial charge on any atom is -0.399 e. The van der Waals surface area contributed by atoms with Gasteiger partial charge in [-0.25, -0.2) is 5.43 Å². The van der Waals surface area contributed by atoms with Crippen LogP contribution in [0.3, 0.4) is 0 Å². The van der Waals surface area contributed by atoms with Gasteiger partial charge >= 0.3 is 0 Å². The van der Waals surface area contributed by atoms with Gasteiger partial charge in [0.05, 0.1) is 5.71 Å². The fourth-order valence-corrected chi connectivity index (χ4v) is 1.62. The molecule has 0 saturated heterocycles. The third-order valence-electron chi connectivity index (χ3n) is 2.67. The van der Waals surface area contributed by atoms with Crippen LogP contribution in [-0.2, 0) is 0 Å². The average Bonchev–Trinajstić information content (AvgIpc) is 2.45. The minimum absolute atomic E-state index is 0.233. The van der Waals surface area contributed by atoms with Crippen LogP contribution in [0.25, 0.3) is 0 Å². The summed E-state index contributed by atoms with van der Waals surface area (Å²) < 4.78 is 0. The van der Waals surface area contributed by atoms with Gasteiger partial charge in [0.1, 0.15) is 0 Å². The largest absolute Gasteiger partial charge is 0.399 e. The van der Waals surface area contributed by atoms with Crippen molar-refractivity contribution in [1.29, 1.82) is 0 Å². The molecule has 96 valence electrons. The van der Waals surface area contributed by atoms with Gasteiger partial charge in [-0.2, -0.15) is 5.10 Å². The number of amides is 1. The third kappa shape index (κ3) is 3.42. The average molecular weight is 253 g/mol. The quantitative estimate of drug-likeness (QED) is 0.501. The topological polar surface area (TPSA) is 67.5 Å².